The van der Waals surface area contributed by atoms with E-state index in [0.29, 0.717) is 18.1 Å². The standard InChI is InChI=1S/C14H16ClN3O6S2.C2HF3O2/c15-10-2-1-9(7-11(10)18(23)24)14(22)17-8-12(19)16-4-6-26-25-5-3-13(20)21;3-2(4,5)1(6)7/h1-2,7H,3-6,8H2,(H,16,19)(H,17,22)(H,20,21);(H,6,7). The van der Waals surface area contributed by atoms with Crippen molar-refractivity contribution in [3.63, 3.8) is 0 Å². The zero-order valence-electron chi connectivity index (χ0n) is 16.4. The lowest BCUT2D eigenvalue weighted by molar-refractivity contribution is -0.384. The Bertz CT molecular complexity index is 874. The summed E-state index contributed by atoms with van der Waals surface area (Å²) in [7, 11) is 2.84. The van der Waals surface area contributed by atoms with E-state index < -0.39 is 34.9 Å². The molecular weight excluding hydrogens is 519 g/mol. The Kier molecular flexibility index (Phi) is 13.9. The van der Waals surface area contributed by atoms with Crippen LogP contribution < -0.4 is 10.6 Å². The van der Waals surface area contributed by atoms with Crippen LogP contribution in [0.1, 0.15) is 16.8 Å². The topological polar surface area (TPSA) is 176 Å². The number of carbonyl (C=O) groups is 4. The van der Waals surface area contributed by atoms with Crippen LogP contribution in [0.25, 0.3) is 0 Å². The first kappa shape index (κ1) is 30.3. The molecule has 1 rings (SSSR count). The molecule has 0 aliphatic carbocycles. The number of rotatable bonds is 11. The number of aliphatic carboxylic acids is 2. The summed E-state index contributed by atoms with van der Waals surface area (Å²) in [6.07, 6.45) is -5.00. The first-order valence-corrected chi connectivity index (χ1v) is 11.4. The minimum atomic E-state index is -5.08. The van der Waals surface area contributed by atoms with Gasteiger partial charge in [0.2, 0.25) is 5.91 Å². The lowest BCUT2D eigenvalue weighted by atomic mass is 10.2. The molecule has 0 aromatic heterocycles. The summed E-state index contributed by atoms with van der Waals surface area (Å²) in [6.45, 7) is 0.0952. The average molecular weight is 536 g/mol. The fraction of sp³-hybridized carbons (Fsp3) is 0.375. The van der Waals surface area contributed by atoms with Crippen LogP contribution in [0.15, 0.2) is 18.2 Å². The number of hydrogen-bond acceptors (Lipinski definition) is 8. The number of alkyl halides is 3. The SMILES string of the molecule is O=C(O)C(F)(F)F.O=C(O)CCSSCCNC(=O)CNC(=O)c1ccc(Cl)c([N+](=O)[O-])c1. The molecule has 0 atom stereocenters. The Morgan fingerprint density at radius 2 is 1.67 bits per heavy atom. The van der Waals surface area contributed by atoms with Crippen molar-refractivity contribution in [3.05, 3.63) is 38.9 Å². The third-order valence-corrected chi connectivity index (χ3v) is 5.78. The van der Waals surface area contributed by atoms with Crippen LogP contribution in [0.4, 0.5) is 18.9 Å². The lowest BCUT2D eigenvalue weighted by Crippen LogP contribution is -2.37. The second-order valence-electron chi connectivity index (χ2n) is 5.55. The van der Waals surface area contributed by atoms with E-state index in [1.54, 1.807) is 0 Å². The third-order valence-electron chi connectivity index (χ3n) is 3.05. The average Bonchev–Trinajstić information content (AvgIpc) is 2.70. The van der Waals surface area contributed by atoms with E-state index in [1.807, 2.05) is 0 Å². The molecule has 0 fully saturated rings. The second-order valence-corrected chi connectivity index (χ2v) is 8.66. The molecular formula is C16H17ClF3N3O8S2. The number of nitrogens with zero attached hydrogens (tertiary/aromatic N) is 1. The van der Waals surface area contributed by atoms with Crippen LogP contribution in [0, 0.1) is 10.1 Å². The van der Waals surface area contributed by atoms with Gasteiger partial charge in [-0.2, -0.15) is 13.2 Å². The zero-order valence-corrected chi connectivity index (χ0v) is 18.8. The maximum absolute atomic E-state index is 11.9. The Hall–Kier alpha value is -2.72. The number of benzene rings is 1. The van der Waals surface area contributed by atoms with Gasteiger partial charge < -0.3 is 20.8 Å². The van der Waals surface area contributed by atoms with Gasteiger partial charge in [0.1, 0.15) is 5.02 Å². The van der Waals surface area contributed by atoms with Crippen molar-refractivity contribution in [3.8, 4) is 0 Å². The first-order valence-electron chi connectivity index (χ1n) is 8.50. The molecule has 0 aliphatic heterocycles. The number of hydrogen-bond donors (Lipinski definition) is 4. The maximum Gasteiger partial charge on any atom is 0.490 e. The van der Waals surface area contributed by atoms with Crippen LogP contribution >= 0.6 is 33.2 Å². The third kappa shape index (κ3) is 14.1. The van der Waals surface area contributed by atoms with Gasteiger partial charge in [0, 0.05) is 29.7 Å². The summed E-state index contributed by atoms with van der Waals surface area (Å²) < 4.78 is 31.7. The summed E-state index contributed by atoms with van der Waals surface area (Å²) in [5, 5.41) is 31.3. The smallest absolute Gasteiger partial charge is 0.481 e. The highest BCUT2D eigenvalue weighted by atomic mass is 35.5. The van der Waals surface area contributed by atoms with Crippen molar-refractivity contribution < 1.29 is 47.5 Å². The molecule has 0 radical (unpaired) electrons. The van der Waals surface area contributed by atoms with Crippen molar-refractivity contribution in [2.75, 3.05) is 24.6 Å². The highest BCUT2D eigenvalue weighted by molar-refractivity contribution is 8.76. The summed E-state index contributed by atoms with van der Waals surface area (Å²) in [6, 6.07) is 3.61. The molecule has 0 aliphatic rings. The highest BCUT2D eigenvalue weighted by Gasteiger charge is 2.38. The van der Waals surface area contributed by atoms with Gasteiger partial charge in [-0.05, 0) is 12.1 Å². The van der Waals surface area contributed by atoms with Crippen molar-refractivity contribution in [2.24, 2.45) is 0 Å². The molecule has 0 saturated carbocycles. The quantitative estimate of drug-likeness (QED) is 0.142. The zero-order chi connectivity index (χ0) is 25.6. The molecule has 0 bridgehead atoms. The molecule has 1 aromatic rings. The van der Waals surface area contributed by atoms with Gasteiger partial charge in [-0.3, -0.25) is 24.5 Å². The number of carboxylic acids is 2. The van der Waals surface area contributed by atoms with Crippen LogP contribution in [0.5, 0.6) is 0 Å². The molecule has 0 heterocycles. The minimum absolute atomic E-state index is 0.0271. The molecule has 0 saturated heterocycles. The Labute approximate surface area is 197 Å². The van der Waals surface area contributed by atoms with E-state index in [2.05, 4.69) is 10.6 Å². The van der Waals surface area contributed by atoms with Crippen LogP contribution in [0.3, 0.4) is 0 Å². The molecule has 11 nitrogen and oxygen atoms in total. The number of nitrogens with one attached hydrogen (secondary N) is 2. The summed E-state index contributed by atoms with van der Waals surface area (Å²) >= 11 is 5.67. The molecule has 2 amide bonds. The molecule has 4 N–H and O–H groups in total. The van der Waals surface area contributed by atoms with E-state index >= 15 is 0 Å². The first-order chi connectivity index (χ1) is 15.3. The monoisotopic (exact) mass is 535 g/mol. The van der Waals surface area contributed by atoms with E-state index in [0.717, 1.165) is 6.07 Å². The Morgan fingerprint density at radius 3 is 2.18 bits per heavy atom. The number of amides is 2. The Balaban J connectivity index is 0.00000126. The molecule has 17 heteroatoms. The number of carboxylic acid groups (broad SMARTS) is 2. The highest BCUT2D eigenvalue weighted by Crippen LogP contribution is 2.25. The van der Waals surface area contributed by atoms with Gasteiger partial charge in [-0.25, -0.2) is 4.79 Å². The minimum Gasteiger partial charge on any atom is -0.481 e. The fourth-order valence-corrected chi connectivity index (χ4v) is 3.67. The van der Waals surface area contributed by atoms with Gasteiger partial charge >= 0.3 is 18.1 Å². The predicted octanol–water partition coefficient (Wildman–Crippen LogP) is 2.58. The summed E-state index contributed by atoms with van der Waals surface area (Å²) in [5.74, 6) is -3.57. The van der Waals surface area contributed by atoms with Crippen LogP contribution in [-0.2, 0) is 14.4 Å². The normalized spacial score (nSPS) is 10.4. The van der Waals surface area contributed by atoms with Gasteiger partial charge in [0.25, 0.3) is 11.6 Å². The van der Waals surface area contributed by atoms with E-state index in [4.69, 9.17) is 26.6 Å². The van der Waals surface area contributed by atoms with Crippen molar-refractivity contribution in [1.29, 1.82) is 0 Å². The lowest BCUT2D eigenvalue weighted by Gasteiger charge is -2.07. The van der Waals surface area contributed by atoms with Crippen LogP contribution in [0.2, 0.25) is 5.02 Å². The molecule has 0 spiro atoms. The number of carbonyl (C=O) groups excluding carboxylic acids is 2. The number of halogens is 4. The predicted molar refractivity (Wildman–Crippen MR) is 114 cm³/mol. The fourth-order valence-electron chi connectivity index (χ4n) is 1.60. The van der Waals surface area contributed by atoms with E-state index in [1.165, 1.54) is 33.7 Å². The van der Waals surface area contributed by atoms with E-state index in [-0.39, 0.29) is 29.2 Å². The number of nitro groups is 1. The second kappa shape index (κ2) is 15.2. The van der Waals surface area contributed by atoms with Gasteiger partial charge in [-0.15, -0.1) is 0 Å². The van der Waals surface area contributed by atoms with Crippen molar-refractivity contribution in [2.45, 2.75) is 12.6 Å². The Morgan fingerprint density at radius 1 is 1.09 bits per heavy atom. The maximum atomic E-state index is 11.9. The summed E-state index contributed by atoms with van der Waals surface area (Å²) in [4.78, 5) is 52.9. The van der Waals surface area contributed by atoms with E-state index in [9.17, 15) is 37.7 Å². The molecule has 0 unspecified atom stereocenters. The summed E-state index contributed by atoms with van der Waals surface area (Å²) in [5.41, 5.74) is -0.361. The number of nitro benzene ring substituents is 1. The van der Waals surface area contributed by atoms with Gasteiger partial charge in [-0.1, -0.05) is 33.2 Å². The molecule has 1 aromatic carbocycles. The van der Waals surface area contributed by atoms with Crippen molar-refractivity contribution in [1.82, 2.24) is 10.6 Å². The van der Waals surface area contributed by atoms with Gasteiger partial charge in [0.05, 0.1) is 17.9 Å². The molecule has 184 valence electrons. The largest absolute Gasteiger partial charge is 0.490 e. The van der Waals surface area contributed by atoms with Crippen LogP contribution in [-0.4, -0.2) is 69.7 Å². The van der Waals surface area contributed by atoms with Crippen molar-refractivity contribution >= 4 is 62.6 Å². The molecule has 33 heavy (non-hydrogen) atoms. The van der Waals surface area contributed by atoms with Gasteiger partial charge in [0.15, 0.2) is 0 Å².